The molecule has 0 radical (unpaired) electrons. The molecular formula is C11H16ClNO3. The lowest BCUT2D eigenvalue weighted by atomic mass is 10.1. The zero-order valence-electron chi connectivity index (χ0n) is 9.67. The van der Waals surface area contributed by atoms with Crippen LogP contribution >= 0.6 is 11.6 Å². The molecule has 0 aliphatic heterocycles. The zero-order chi connectivity index (χ0) is 12.1. The van der Waals surface area contributed by atoms with E-state index in [9.17, 15) is 0 Å². The van der Waals surface area contributed by atoms with Crippen LogP contribution in [0.3, 0.4) is 0 Å². The van der Waals surface area contributed by atoms with E-state index in [0.717, 1.165) is 5.56 Å². The zero-order valence-corrected chi connectivity index (χ0v) is 10.4. The summed E-state index contributed by atoms with van der Waals surface area (Å²) < 4.78 is 15.6. The van der Waals surface area contributed by atoms with E-state index in [1.54, 1.807) is 27.4 Å². The molecule has 0 fully saturated rings. The lowest BCUT2D eigenvalue weighted by molar-refractivity contribution is 0.348. The van der Waals surface area contributed by atoms with Gasteiger partial charge in [-0.15, -0.1) is 0 Å². The van der Waals surface area contributed by atoms with Crippen molar-refractivity contribution in [1.29, 1.82) is 0 Å². The summed E-state index contributed by atoms with van der Waals surface area (Å²) in [4.78, 5) is 0. The summed E-state index contributed by atoms with van der Waals surface area (Å²) in [7, 11) is 4.68. The van der Waals surface area contributed by atoms with Crippen LogP contribution in [0.4, 0.5) is 0 Å². The Morgan fingerprint density at radius 2 is 1.75 bits per heavy atom. The molecule has 0 saturated carbocycles. The monoisotopic (exact) mass is 245 g/mol. The number of methoxy groups -OCH3 is 3. The molecule has 1 rings (SSSR count). The summed E-state index contributed by atoms with van der Waals surface area (Å²) >= 11 is 6.21. The van der Waals surface area contributed by atoms with Gasteiger partial charge in [-0.25, -0.2) is 0 Å². The second kappa shape index (κ2) is 5.82. The Kier molecular flexibility index (Phi) is 4.71. The number of ether oxygens (including phenoxy) is 3. The van der Waals surface area contributed by atoms with Gasteiger partial charge in [-0.3, -0.25) is 0 Å². The van der Waals surface area contributed by atoms with E-state index in [-0.39, 0.29) is 0 Å². The molecule has 90 valence electrons. The Labute approximate surface area is 100 Å². The molecule has 0 atom stereocenters. The predicted molar refractivity (Wildman–Crippen MR) is 63.9 cm³/mol. The maximum atomic E-state index is 6.21. The number of nitrogens with two attached hydrogens (primary N) is 1. The van der Waals surface area contributed by atoms with Gasteiger partial charge in [0.05, 0.1) is 26.4 Å². The highest BCUT2D eigenvalue weighted by molar-refractivity contribution is 6.33. The fourth-order valence-corrected chi connectivity index (χ4v) is 1.88. The summed E-state index contributed by atoms with van der Waals surface area (Å²) in [6.45, 7) is 0.492. The predicted octanol–water partition coefficient (Wildman–Crippen LogP) is 1.87. The minimum absolute atomic E-state index is 0.490. The van der Waals surface area contributed by atoms with Gasteiger partial charge in [-0.2, -0.15) is 0 Å². The van der Waals surface area contributed by atoms with Crippen molar-refractivity contribution in [2.75, 3.05) is 27.9 Å². The first-order chi connectivity index (χ1) is 7.69. The lowest BCUT2D eigenvalue weighted by Gasteiger charge is -2.16. The van der Waals surface area contributed by atoms with Gasteiger partial charge in [0.2, 0.25) is 0 Å². The lowest BCUT2D eigenvalue weighted by Crippen LogP contribution is -2.06. The summed E-state index contributed by atoms with van der Waals surface area (Å²) in [5.41, 5.74) is 6.37. The maximum absolute atomic E-state index is 6.21. The first-order valence-electron chi connectivity index (χ1n) is 4.87. The number of benzene rings is 1. The highest BCUT2D eigenvalue weighted by atomic mass is 35.5. The fraction of sp³-hybridized carbons (Fsp3) is 0.455. The molecule has 0 aliphatic carbocycles. The van der Waals surface area contributed by atoms with E-state index >= 15 is 0 Å². The van der Waals surface area contributed by atoms with E-state index < -0.39 is 0 Å². The first-order valence-corrected chi connectivity index (χ1v) is 5.24. The Morgan fingerprint density at radius 3 is 2.19 bits per heavy atom. The summed E-state index contributed by atoms with van der Waals surface area (Å²) in [5.74, 6) is 1.71. The normalized spacial score (nSPS) is 10.1. The van der Waals surface area contributed by atoms with E-state index in [1.165, 1.54) is 0 Å². The van der Waals surface area contributed by atoms with Crippen molar-refractivity contribution in [1.82, 2.24) is 0 Å². The van der Waals surface area contributed by atoms with Crippen molar-refractivity contribution >= 4 is 11.6 Å². The van der Waals surface area contributed by atoms with Crippen LogP contribution < -0.4 is 19.9 Å². The van der Waals surface area contributed by atoms with Gasteiger partial charge >= 0.3 is 0 Å². The molecule has 5 heteroatoms. The Hall–Kier alpha value is -1.13. The number of hydrogen-bond donors (Lipinski definition) is 1. The van der Waals surface area contributed by atoms with E-state index in [1.807, 2.05) is 0 Å². The third-order valence-electron chi connectivity index (χ3n) is 2.29. The van der Waals surface area contributed by atoms with Crippen molar-refractivity contribution in [2.45, 2.75) is 6.42 Å². The average Bonchev–Trinajstić information content (AvgIpc) is 2.31. The number of halogens is 1. The standard InChI is InChI=1S/C11H16ClNO3/c1-14-8-6-9(15-2)11(16-3)10(12)7(8)4-5-13/h6H,4-5,13H2,1-3H3. The van der Waals surface area contributed by atoms with Crippen LogP contribution in [0.1, 0.15) is 5.56 Å². The molecule has 16 heavy (non-hydrogen) atoms. The van der Waals surface area contributed by atoms with Crippen LogP contribution in [-0.2, 0) is 6.42 Å². The van der Waals surface area contributed by atoms with Crippen molar-refractivity contribution in [3.63, 3.8) is 0 Å². The van der Waals surface area contributed by atoms with Crippen LogP contribution in [-0.4, -0.2) is 27.9 Å². The van der Waals surface area contributed by atoms with Crippen LogP contribution in [0.5, 0.6) is 17.2 Å². The smallest absolute Gasteiger partial charge is 0.179 e. The van der Waals surface area contributed by atoms with Gasteiger partial charge in [0.25, 0.3) is 0 Å². The molecule has 1 aromatic rings. The quantitative estimate of drug-likeness (QED) is 0.861. The van der Waals surface area contributed by atoms with Crippen molar-refractivity contribution in [3.8, 4) is 17.2 Å². The molecule has 0 unspecified atom stereocenters. The van der Waals surface area contributed by atoms with Gasteiger partial charge in [0, 0.05) is 11.6 Å². The third kappa shape index (κ3) is 2.33. The van der Waals surface area contributed by atoms with Crippen LogP contribution in [0.15, 0.2) is 6.07 Å². The minimum Gasteiger partial charge on any atom is -0.496 e. The van der Waals surface area contributed by atoms with Gasteiger partial charge in [-0.05, 0) is 13.0 Å². The highest BCUT2D eigenvalue weighted by Crippen LogP contribution is 2.42. The molecule has 0 spiro atoms. The Bertz CT molecular complexity index is 369. The number of rotatable bonds is 5. The highest BCUT2D eigenvalue weighted by Gasteiger charge is 2.18. The second-order valence-corrected chi connectivity index (χ2v) is 3.52. The SMILES string of the molecule is COc1cc(OC)c(OC)c(Cl)c1CCN. The molecule has 0 bridgehead atoms. The molecule has 0 heterocycles. The largest absolute Gasteiger partial charge is 0.496 e. The van der Waals surface area contributed by atoms with E-state index in [2.05, 4.69) is 0 Å². The number of hydrogen-bond acceptors (Lipinski definition) is 4. The Morgan fingerprint density at radius 1 is 1.12 bits per heavy atom. The van der Waals surface area contributed by atoms with Gasteiger partial charge in [0.1, 0.15) is 5.75 Å². The molecule has 1 aromatic carbocycles. The topological polar surface area (TPSA) is 53.7 Å². The molecule has 0 aliphatic rings. The first kappa shape index (κ1) is 12.9. The molecule has 0 amide bonds. The summed E-state index contributed by atoms with van der Waals surface area (Å²) in [6, 6.07) is 1.75. The second-order valence-electron chi connectivity index (χ2n) is 3.15. The van der Waals surface area contributed by atoms with Crippen molar-refractivity contribution < 1.29 is 14.2 Å². The van der Waals surface area contributed by atoms with Gasteiger partial charge in [-0.1, -0.05) is 11.6 Å². The summed E-state index contributed by atoms with van der Waals surface area (Å²) in [5, 5.41) is 0.490. The molecule has 0 saturated heterocycles. The third-order valence-corrected chi connectivity index (χ3v) is 2.69. The van der Waals surface area contributed by atoms with Crippen LogP contribution in [0, 0.1) is 0 Å². The summed E-state index contributed by atoms with van der Waals surface area (Å²) in [6.07, 6.45) is 0.627. The van der Waals surface area contributed by atoms with Crippen LogP contribution in [0.2, 0.25) is 5.02 Å². The van der Waals surface area contributed by atoms with Crippen molar-refractivity contribution in [3.05, 3.63) is 16.7 Å². The van der Waals surface area contributed by atoms with Gasteiger partial charge in [0.15, 0.2) is 11.5 Å². The molecule has 0 aromatic heterocycles. The van der Waals surface area contributed by atoms with Gasteiger partial charge < -0.3 is 19.9 Å². The Balaban J connectivity index is 3.36. The average molecular weight is 246 g/mol. The maximum Gasteiger partial charge on any atom is 0.179 e. The molecule has 4 nitrogen and oxygen atoms in total. The minimum atomic E-state index is 0.490. The fourth-order valence-electron chi connectivity index (χ4n) is 1.53. The van der Waals surface area contributed by atoms with Crippen molar-refractivity contribution in [2.24, 2.45) is 5.73 Å². The van der Waals surface area contributed by atoms with E-state index in [0.29, 0.717) is 35.2 Å². The van der Waals surface area contributed by atoms with E-state index in [4.69, 9.17) is 31.5 Å². The molecule has 2 N–H and O–H groups in total. The van der Waals surface area contributed by atoms with Crippen LogP contribution in [0.25, 0.3) is 0 Å². The molecular weight excluding hydrogens is 230 g/mol.